The number of ether oxygens (including phenoxy) is 1. The van der Waals surface area contributed by atoms with E-state index in [9.17, 15) is 9.90 Å². The highest BCUT2D eigenvalue weighted by Gasteiger charge is 2.25. The Morgan fingerprint density at radius 1 is 1.35 bits per heavy atom. The van der Waals surface area contributed by atoms with Gasteiger partial charge in [-0.2, -0.15) is 0 Å². The van der Waals surface area contributed by atoms with Crippen molar-refractivity contribution in [1.29, 1.82) is 0 Å². The maximum atomic E-state index is 15.0. The fourth-order valence-corrected chi connectivity index (χ4v) is 4.96. The molecule has 0 spiro atoms. The van der Waals surface area contributed by atoms with E-state index >= 15 is 4.39 Å². The lowest BCUT2D eigenvalue weighted by atomic mass is 9.93. The number of anilines is 1. The molecular formula is C28H33FN4O4. The summed E-state index contributed by atoms with van der Waals surface area (Å²) in [5.41, 5.74) is 3.12. The molecule has 0 amide bonds. The number of carbonyl (C=O) groups is 1. The molecule has 1 aromatic carbocycles. The number of hydrogen-bond donors (Lipinski definition) is 2. The lowest BCUT2D eigenvalue weighted by Crippen LogP contribution is -2.37. The zero-order valence-corrected chi connectivity index (χ0v) is 21.1. The Morgan fingerprint density at radius 2 is 2.22 bits per heavy atom. The van der Waals surface area contributed by atoms with Crippen molar-refractivity contribution in [1.82, 2.24) is 14.9 Å². The number of carbonyl (C=O) groups excluding carboxylic acids is 1. The molecular weight excluding hydrogens is 475 g/mol. The number of hydrogen-bond acceptors (Lipinski definition) is 8. The third kappa shape index (κ3) is 6.17. The van der Waals surface area contributed by atoms with E-state index in [4.69, 9.17) is 9.15 Å². The fraction of sp³-hybridized carbons (Fsp3) is 0.464. The van der Waals surface area contributed by atoms with Crippen LogP contribution < -0.4 is 10.1 Å². The zero-order chi connectivity index (χ0) is 25.8. The molecule has 3 aromatic rings. The van der Waals surface area contributed by atoms with Crippen molar-refractivity contribution in [2.24, 2.45) is 0 Å². The first-order valence-electron chi connectivity index (χ1n) is 12.9. The topological polar surface area (TPSA) is 101 Å². The Bertz CT molecular complexity index is 1230. The van der Waals surface area contributed by atoms with Gasteiger partial charge in [-0.1, -0.05) is 0 Å². The molecule has 0 unspecified atom stereocenters. The summed E-state index contributed by atoms with van der Waals surface area (Å²) in [5, 5.41) is 14.0. The van der Waals surface area contributed by atoms with Crippen LogP contribution in [-0.2, 0) is 19.6 Å². The van der Waals surface area contributed by atoms with Crippen LogP contribution in [0.25, 0.3) is 0 Å². The lowest BCUT2D eigenvalue weighted by Gasteiger charge is -2.32. The number of rotatable bonds is 11. The van der Waals surface area contributed by atoms with Crippen LogP contribution in [0, 0.1) is 12.7 Å². The second kappa shape index (κ2) is 11.4. The number of pyridine rings is 1. The van der Waals surface area contributed by atoms with Crippen molar-refractivity contribution >= 4 is 11.6 Å². The van der Waals surface area contributed by atoms with Crippen molar-refractivity contribution < 1.29 is 23.4 Å². The third-order valence-electron chi connectivity index (χ3n) is 7.36. The van der Waals surface area contributed by atoms with Crippen LogP contribution in [-0.4, -0.2) is 51.0 Å². The molecule has 2 aliphatic rings. The van der Waals surface area contributed by atoms with Gasteiger partial charge in [0.05, 0.1) is 12.3 Å². The van der Waals surface area contributed by atoms with E-state index < -0.39 is 6.10 Å². The summed E-state index contributed by atoms with van der Waals surface area (Å²) in [7, 11) is 0. The van der Waals surface area contributed by atoms with Gasteiger partial charge in [0.25, 0.3) is 0 Å². The van der Waals surface area contributed by atoms with Gasteiger partial charge in [-0.25, -0.2) is 14.4 Å². The Hall–Kier alpha value is -3.30. The molecule has 37 heavy (non-hydrogen) atoms. The number of β-amino-alcohol motifs (C(OH)–C–C–N with tert-alkyl or cyclic N) is 1. The molecule has 1 aliphatic carbocycles. The summed E-state index contributed by atoms with van der Waals surface area (Å²) >= 11 is 0. The number of ketones is 1. The second-order valence-corrected chi connectivity index (χ2v) is 10.00. The number of Topliss-reactive ketones (excluding diaryl/α,β-unsaturated/α-hetero) is 1. The van der Waals surface area contributed by atoms with Crippen molar-refractivity contribution in [3.05, 3.63) is 70.8 Å². The Labute approximate surface area is 215 Å². The second-order valence-electron chi connectivity index (χ2n) is 10.00. The van der Waals surface area contributed by atoms with Crippen molar-refractivity contribution in [2.45, 2.75) is 70.7 Å². The number of nitrogens with one attached hydrogen (secondary N) is 1. The first kappa shape index (κ1) is 25.4. The molecule has 5 rings (SSSR count). The number of benzene rings is 1. The van der Waals surface area contributed by atoms with E-state index in [0.717, 1.165) is 29.8 Å². The maximum absolute atomic E-state index is 15.0. The largest absolute Gasteiger partial charge is 0.485 e. The molecule has 2 N–H and O–H groups in total. The Morgan fingerprint density at radius 3 is 2.97 bits per heavy atom. The number of aliphatic hydroxyl groups is 1. The van der Waals surface area contributed by atoms with Crippen LogP contribution in [0.2, 0.25) is 0 Å². The van der Waals surface area contributed by atoms with E-state index in [1.54, 1.807) is 24.5 Å². The molecule has 3 heterocycles. The van der Waals surface area contributed by atoms with Gasteiger partial charge in [-0.3, -0.25) is 9.69 Å². The summed E-state index contributed by atoms with van der Waals surface area (Å²) in [5.74, 6) is 1.48. The summed E-state index contributed by atoms with van der Waals surface area (Å²) in [6.07, 6.45) is 8.64. The van der Waals surface area contributed by atoms with Crippen LogP contribution >= 0.6 is 0 Å². The van der Waals surface area contributed by atoms with Gasteiger partial charge in [-0.05, 0) is 62.3 Å². The van der Waals surface area contributed by atoms with Gasteiger partial charge >= 0.3 is 0 Å². The standard InChI is InChI=1S/C28H33FN4O4/c1-18-23-8-10-33(15-24(23)25(29)12-27(18)36-16-22-13-30-17-37-22)14-21(34)5-6-26(35)19-7-9-31-28(11-19)32-20-3-2-4-20/h7,9,11-13,17,20-21,34H,2-6,8,10,14-16H2,1H3,(H,31,32)/t21-/m0/s1. The van der Waals surface area contributed by atoms with Gasteiger partial charge in [0.15, 0.2) is 17.9 Å². The first-order chi connectivity index (χ1) is 18.0. The lowest BCUT2D eigenvalue weighted by molar-refractivity contribution is 0.0833. The average Bonchev–Trinajstić information content (AvgIpc) is 3.40. The van der Waals surface area contributed by atoms with Gasteiger partial charge in [0.1, 0.15) is 24.0 Å². The number of fused-ring (bicyclic) bond motifs is 1. The van der Waals surface area contributed by atoms with Gasteiger partial charge in [0.2, 0.25) is 0 Å². The van der Waals surface area contributed by atoms with Crippen molar-refractivity contribution in [3.63, 3.8) is 0 Å². The number of aromatic nitrogens is 2. The highest BCUT2D eigenvalue weighted by Crippen LogP contribution is 2.32. The molecule has 0 radical (unpaired) electrons. The smallest absolute Gasteiger partial charge is 0.181 e. The molecule has 0 bridgehead atoms. The first-order valence-corrected chi connectivity index (χ1v) is 12.9. The normalized spacial score (nSPS) is 16.6. The molecule has 1 fully saturated rings. The predicted molar refractivity (Wildman–Crippen MR) is 136 cm³/mol. The Kier molecular flexibility index (Phi) is 7.81. The molecule has 1 saturated carbocycles. The zero-order valence-electron chi connectivity index (χ0n) is 21.1. The average molecular weight is 509 g/mol. The van der Waals surface area contributed by atoms with Gasteiger partial charge in [0, 0.05) is 55.5 Å². The number of nitrogens with zero attached hydrogens (tertiary/aromatic N) is 3. The predicted octanol–water partition coefficient (Wildman–Crippen LogP) is 4.44. The van der Waals surface area contributed by atoms with Gasteiger partial charge in [-0.15, -0.1) is 0 Å². The third-order valence-corrected chi connectivity index (χ3v) is 7.36. The van der Waals surface area contributed by atoms with Crippen LogP contribution in [0.4, 0.5) is 10.2 Å². The fourth-order valence-electron chi connectivity index (χ4n) is 4.96. The van der Waals surface area contributed by atoms with Crippen LogP contribution in [0.1, 0.15) is 64.9 Å². The monoisotopic (exact) mass is 508 g/mol. The Balaban J connectivity index is 1.13. The molecule has 1 atom stereocenters. The highest BCUT2D eigenvalue weighted by molar-refractivity contribution is 5.96. The summed E-state index contributed by atoms with van der Waals surface area (Å²) < 4.78 is 26.0. The molecule has 0 saturated heterocycles. The quantitative estimate of drug-likeness (QED) is 0.367. The van der Waals surface area contributed by atoms with Crippen molar-refractivity contribution in [2.75, 3.05) is 18.4 Å². The number of halogens is 1. The van der Waals surface area contributed by atoms with E-state index in [1.165, 1.54) is 18.9 Å². The van der Waals surface area contributed by atoms with E-state index in [2.05, 4.69) is 15.3 Å². The minimum absolute atomic E-state index is 0.0124. The summed E-state index contributed by atoms with van der Waals surface area (Å²) in [6, 6.07) is 5.38. The molecule has 8 nitrogen and oxygen atoms in total. The summed E-state index contributed by atoms with van der Waals surface area (Å²) in [4.78, 5) is 22.9. The SMILES string of the molecule is Cc1c(OCc2cnco2)cc(F)c2c1CCN(C[C@@H](O)CCC(=O)c1ccnc(NC3CCC3)c1)C2. The molecule has 9 heteroatoms. The molecule has 1 aliphatic heterocycles. The molecule has 196 valence electrons. The summed E-state index contributed by atoms with van der Waals surface area (Å²) in [6.45, 7) is 3.63. The number of oxazole rings is 1. The highest BCUT2D eigenvalue weighted by atomic mass is 19.1. The molecule has 2 aromatic heterocycles. The van der Waals surface area contributed by atoms with Gasteiger partial charge < -0.3 is 19.6 Å². The number of aliphatic hydroxyl groups excluding tert-OH is 1. The van der Waals surface area contributed by atoms with Crippen LogP contribution in [0.3, 0.4) is 0 Å². The van der Waals surface area contributed by atoms with Crippen molar-refractivity contribution in [3.8, 4) is 5.75 Å². The maximum Gasteiger partial charge on any atom is 0.181 e. The minimum atomic E-state index is -0.673. The van der Waals surface area contributed by atoms with E-state index in [-0.39, 0.29) is 24.6 Å². The minimum Gasteiger partial charge on any atom is -0.485 e. The van der Waals surface area contributed by atoms with E-state index in [0.29, 0.717) is 61.2 Å². The van der Waals surface area contributed by atoms with Crippen LogP contribution in [0.15, 0.2) is 41.4 Å². The van der Waals surface area contributed by atoms with Crippen LogP contribution in [0.5, 0.6) is 5.75 Å². The van der Waals surface area contributed by atoms with E-state index in [1.807, 2.05) is 11.8 Å².